The molecule has 0 heterocycles. The maximum Gasteiger partial charge on any atom is 0.306 e. The maximum absolute atomic E-state index is 12.8. The molecule has 0 N–H and O–H groups in total. The largest absolute Gasteiger partial charge is 0.462 e. The summed E-state index contributed by atoms with van der Waals surface area (Å²) in [6.45, 7) is 6.56. The van der Waals surface area contributed by atoms with Crippen LogP contribution in [0.1, 0.15) is 258 Å². The molecule has 0 aromatic carbocycles. The number of esters is 3. The van der Waals surface area contributed by atoms with E-state index >= 15 is 0 Å². The van der Waals surface area contributed by atoms with E-state index in [1.807, 2.05) is 0 Å². The van der Waals surface area contributed by atoms with Gasteiger partial charge in [0.2, 0.25) is 0 Å². The van der Waals surface area contributed by atoms with Gasteiger partial charge in [0, 0.05) is 19.3 Å². The molecule has 338 valence electrons. The van der Waals surface area contributed by atoms with Gasteiger partial charge in [0.15, 0.2) is 6.10 Å². The summed E-state index contributed by atoms with van der Waals surface area (Å²) in [6.07, 6.45) is 54.1. The van der Waals surface area contributed by atoms with Crippen molar-refractivity contribution in [2.24, 2.45) is 0 Å². The predicted octanol–water partition coefficient (Wildman–Crippen LogP) is 16.1. The van der Waals surface area contributed by atoms with Crippen molar-refractivity contribution in [3.05, 3.63) is 36.5 Å². The number of carbonyl (C=O) groups excluding carboxylic acids is 3. The van der Waals surface area contributed by atoms with Crippen molar-refractivity contribution in [3.8, 4) is 0 Å². The van der Waals surface area contributed by atoms with E-state index in [1.165, 1.54) is 135 Å². The zero-order valence-electron chi connectivity index (χ0n) is 38.6. The summed E-state index contributed by atoms with van der Waals surface area (Å²) in [5.74, 6) is -0.896. The maximum atomic E-state index is 12.8. The zero-order chi connectivity index (χ0) is 42.3. The summed E-state index contributed by atoms with van der Waals surface area (Å²) in [6, 6.07) is 0. The summed E-state index contributed by atoms with van der Waals surface area (Å²) >= 11 is 0. The van der Waals surface area contributed by atoms with Gasteiger partial charge in [-0.3, -0.25) is 14.4 Å². The number of allylic oxidation sites excluding steroid dienone is 6. The number of unbranched alkanes of at least 4 members (excludes halogenated alkanes) is 29. The molecule has 58 heavy (non-hydrogen) atoms. The van der Waals surface area contributed by atoms with E-state index in [2.05, 4.69) is 57.2 Å². The van der Waals surface area contributed by atoms with Crippen LogP contribution in [0, 0.1) is 0 Å². The van der Waals surface area contributed by atoms with Crippen LogP contribution in [0.25, 0.3) is 0 Å². The van der Waals surface area contributed by atoms with E-state index < -0.39 is 6.10 Å². The van der Waals surface area contributed by atoms with Crippen LogP contribution in [-0.2, 0) is 28.6 Å². The average molecular weight is 815 g/mol. The molecule has 0 fully saturated rings. The first-order chi connectivity index (χ1) is 28.5. The highest BCUT2D eigenvalue weighted by Gasteiger charge is 2.19. The molecule has 0 aromatic rings. The van der Waals surface area contributed by atoms with Crippen LogP contribution >= 0.6 is 0 Å². The number of hydrogen-bond acceptors (Lipinski definition) is 6. The lowest BCUT2D eigenvalue weighted by atomic mass is 10.0. The van der Waals surface area contributed by atoms with Crippen LogP contribution in [0.4, 0.5) is 0 Å². The Labute approximate surface area is 359 Å². The summed E-state index contributed by atoms with van der Waals surface area (Å²) < 4.78 is 16.7. The van der Waals surface area contributed by atoms with Crippen molar-refractivity contribution in [1.29, 1.82) is 0 Å². The molecule has 0 aliphatic carbocycles. The minimum absolute atomic E-state index is 0.0794. The Morgan fingerprint density at radius 3 is 1.05 bits per heavy atom. The van der Waals surface area contributed by atoms with Crippen LogP contribution in [0.3, 0.4) is 0 Å². The molecule has 1 atom stereocenters. The smallest absolute Gasteiger partial charge is 0.306 e. The van der Waals surface area contributed by atoms with E-state index in [0.717, 1.165) is 83.5 Å². The summed E-state index contributed by atoms with van der Waals surface area (Å²) in [5, 5.41) is 0. The van der Waals surface area contributed by atoms with Gasteiger partial charge < -0.3 is 14.2 Å². The van der Waals surface area contributed by atoms with E-state index in [4.69, 9.17) is 14.2 Å². The zero-order valence-corrected chi connectivity index (χ0v) is 38.6. The number of ether oxygens (including phenoxy) is 3. The number of carbonyl (C=O) groups is 3. The first kappa shape index (κ1) is 55.6. The lowest BCUT2D eigenvalue weighted by molar-refractivity contribution is -0.167. The first-order valence-corrected chi connectivity index (χ1v) is 25.0. The average Bonchev–Trinajstić information content (AvgIpc) is 3.22. The fourth-order valence-corrected chi connectivity index (χ4v) is 7.06. The number of hydrogen-bond donors (Lipinski definition) is 0. The van der Waals surface area contributed by atoms with Gasteiger partial charge in [-0.15, -0.1) is 0 Å². The molecule has 0 saturated heterocycles. The molecular formula is C52H94O6. The second-order valence-corrected chi connectivity index (χ2v) is 16.8. The third kappa shape index (κ3) is 44.7. The van der Waals surface area contributed by atoms with Crippen molar-refractivity contribution in [1.82, 2.24) is 0 Å². The highest BCUT2D eigenvalue weighted by molar-refractivity contribution is 5.71. The van der Waals surface area contributed by atoms with Crippen molar-refractivity contribution in [3.63, 3.8) is 0 Å². The monoisotopic (exact) mass is 815 g/mol. The third-order valence-electron chi connectivity index (χ3n) is 10.9. The molecule has 6 nitrogen and oxygen atoms in total. The Bertz CT molecular complexity index is 984. The molecule has 0 aromatic heterocycles. The minimum atomic E-state index is -0.776. The summed E-state index contributed by atoms with van der Waals surface area (Å²) in [4.78, 5) is 37.8. The Morgan fingerprint density at radius 2 is 0.638 bits per heavy atom. The van der Waals surface area contributed by atoms with Crippen LogP contribution in [0.2, 0.25) is 0 Å². The minimum Gasteiger partial charge on any atom is -0.462 e. The van der Waals surface area contributed by atoms with E-state index in [0.29, 0.717) is 19.3 Å². The molecule has 0 aliphatic heterocycles. The molecule has 0 bridgehead atoms. The van der Waals surface area contributed by atoms with Gasteiger partial charge in [-0.25, -0.2) is 0 Å². The summed E-state index contributed by atoms with van der Waals surface area (Å²) in [5.41, 5.74) is 0. The van der Waals surface area contributed by atoms with Crippen molar-refractivity contribution in [2.75, 3.05) is 13.2 Å². The van der Waals surface area contributed by atoms with Gasteiger partial charge in [-0.05, 0) is 64.2 Å². The molecule has 6 heteroatoms. The van der Waals surface area contributed by atoms with Gasteiger partial charge in [0.05, 0.1) is 0 Å². The Hall–Kier alpha value is -2.37. The molecule has 0 spiro atoms. The van der Waals surface area contributed by atoms with Crippen molar-refractivity contribution >= 4 is 17.9 Å². The van der Waals surface area contributed by atoms with Crippen LogP contribution in [0.5, 0.6) is 0 Å². The molecule has 0 radical (unpaired) electrons. The predicted molar refractivity (Wildman–Crippen MR) is 247 cm³/mol. The Balaban J connectivity index is 4.36. The topological polar surface area (TPSA) is 78.9 Å². The van der Waals surface area contributed by atoms with Gasteiger partial charge in [0.1, 0.15) is 13.2 Å². The third-order valence-corrected chi connectivity index (χ3v) is 10.9. The normalized spacial score (nSPS) is 12.3. The van der Waals surface area contributed by atoms with Gasteiger partial charge in [-0.2, -0.15) is 0 Å². The SMILES string of the molecule is CCCC/C=C\CCCCCCC(=O)OCC(COC(=O)CCCCCCCC/C=C\C=C/CCCCC)OC(=O)CCCCCCCCCCCCCCCCC. The molecular weight excluding hydrogens is 721 g/mol. The quantitative estimate of drug-likeness (QED) is 0.0200. The molecule has 0 saturated carbocycles. The van der Waals surface area contributed by atoms with Crippen LogP contribution in [-0.4, -0.2) is 37.2 Å². The van der Waals surface area contributed by atoms with Gasteiger partial charge >= 0.3 is 17.9 Å². The van der Waals surface area contributed by atoms with E-state index in [9.17, 15) is 14.4 Å². The standard InChI is InChI=1S/C52H94O6/c1-4-7-10-13-16-19-22-24-26-28-30-33-36-39-42-45-51(54)57-48-49(47-56-50(53)44-41-38-35-32-21-18-15-12-9-6-3)58-52(55)46-43-40-37-34-31-29-27-25-23-20-17-14-11-8-5-2/h15-16,18-19,22,24,49H,4-14,17,20-21,23,25-48H2,1-3H3/b18-15-,19-16-,24-22-. The second-order valence-electron chi connectivity index (χ2n) is 16.8. The lowest BCUT2D eigenvalue weighted by Crippen LogP contribution is -2.30. The van der Waals surface area contributed by atoms with Crippen LogP contribution in [0.15, 0.2) is 36.5 Å². The fraction of sp³-hybridized carbons (Fsp3) is 0.827. The summed E-state index contributed by atoms with van der Waals surface area (Å²) in [7, 11) is 0. The van der Waals surface area contributed by atoms with E-state index in [1.54, 1.807) is 0 Å². The second kappa shape index (κ2) is 47.3. The lowest BCUT2D eigenvalue weighted by Gasteiger charge is -2.18. The highest BCUT2D eigenvalue weighted by Crippen LogP contribution is 2.15. The van der Waals surface area contributed by atoms with Gasteiger partial charge in [0.25, 0.3) is 0 Å². The molecule has 0 amide bonds. The van der Waals surface area contributed by atoms with Crippen molar-refractivity contribution < 1.29 is 28.6 Å². The van der Waals surface area contributed by atoms with Gasteiger partial charge in [-0.1, -0.05) is 211 Å². The molecule has 0 rings (SSSR count). The van der Waals surface area contributed by atoms with Crippen molar-refractivity contribution in [2.45, 2.75) is 264 Å². The molecule has 0 aliphatic rings. The van der Waals surface area contributed by atoms with E-state index in [-0.39, 0.29) is 31.1 Å². The Morgan fingerprint density at radius 1 is 0.345 bits per heavy atom. The Kier molecular flexibility index (Phi) is 45.4. The molecule has 1 unspecified atom stereocenters. The highest BCUT2D eigenvalue weighted by atomic mass is 16.6. The number of rotatable bonds is 45. The van der Waals surface area contributed by atoms with Crippen LogP contribution < -0.4 is 0 Å². The first-order valence-electron chi connectivity index (χ1n) is 25.0. The fourth-order valence-electron chi connectivity index (χ4n) is 7.06.